The number of fused-ring (bicyclic) bond motifs is 1. The summed E-state index contributed by atoms with van der Waals surface area (Å²) in [6, 6.07) is 4.99. The fourth-order valence-corrected chi connectivity index (χ4v) is 1.92. The molecule has 0 radical (unpaired) electrons. The predicted octanol–water partition coefficient (Wildman–Crippen LogP) is 1.79. The minimum Gasteiger partial charge on any atom is -0.372 e. The molecule has 2 nitrogen and oxygen atoms in total. The summed E-state index contributed by atoms with van der Waals surface area (Å²) >= 11 is 0. The van der Waals surface area contributed by atoms with E-state index in [4.69, 9.17) is 10.5 Å². The largest absolute Gasteiger partial charge is 0.372 e. The number of ether oxygens (including phenoxy) is 1. The summed E-state index contributed by atoms with van der Waals surface area (Å²) in [4.78, 5) is 0. The number of hydrogen-bond donors (Lipinski definition) is 1. The average Bonchev–Trinajstić information content (AvgIpc) is 2.17. The molecule has 2 atom stereocenters. The highest BCUT2D eigenvalue weighted by molar-refractivity contribution is 5.33. The van der Waals surface area contributed by atoms with Gasteiger partial charge in [-0.15, -0.1) is 0 Å². The van der Waals surface area contributed by atoms with Gasteiger partial charge in [0.25, 0.3) is 0 Å². The minimum atomic E-state index is -0.158. The number of halogens is 1. The summed E-state index contributed by atoms with van der Waals surface area (Å²) < 4.78 is 18.9. The zero-order valence-electron chi connectivity index (χ0n) is 8.16. The Morgan fingerprint density at radius 2 is 2.36 bits per heavy atom. The molecule has 76 valence electrons. The van der Waals surface area contributed by atoms with Crippen LogP contribution in [0.3, 0.4) is 0 Å². The van der Waals surface area contributed by atoms with Gasteiger partial charge in [-0.2, -0.15) is 0 Å². The molecule has 0 spiro atoms. The van der Waals surface area contributed by atoms with Gasteiger partial charge < -0.3 is 10.5 Å². The molecule has 3 heteroatoms. The van der Waals surface area contributed by atoms with E-state index in [1.807, 2.05) is 13.0 Å². The molecule has 1 aliphatic rings. The van der Waals surface area contributed by atoms with Gasteiger partial charge in [0, 0.05) is 6.04 Å². The number of nitrogens with two attached hydrogens (primary N) is 1. The zero-order chi connectivity index (χ0) is 10.1. The van der Waals surface area contributed by atoms with E-state index < -0.39 is 0 Å². The van der Waals surface area contributed by atoms with Crippen molar-refractivity contribution in [2.24, 2.45) is 5.73 Å². The molecule has 2 N–H and O–H groups in total. The van der Waals surface area contributed by atoms with Gasteiger partial charge in [-0.3, -0.25) is 0 Å². The molecule has 1 aromatic rings. The van der Waals surface area contributed by atoms with E-state index >= 15 is 0 Å². The van der Waals surface area contributed by atoms with Crippen molar-refractivity contribution in [1.29, 1.82) is 0 Å². The van der Waals surface area contributed by atoms with Crippen molar-refractivity contribution in [3.63, 3.8) is 0 Å². The number of rotatable bonds is 1. The fourth-order valence-electron chi connectivity index (χ4n) is 1.92. The highest BCUT2D eigenvalue weighted by Crippen LogP contribution is 2.30. The lowest BCUT2D eigenvalue weighted by Gasteiger charge is -2.28. The van der Waals surface area contributed by atoms with Crippen LogP contribution < -0.4 is 5.73 Å². The van der Waals surface area contributed by atoms with Crippen LogP contribution in [0.2, 0.25) is 0 Å². The summed E-state index contributed by atoms with van der Waals surface area (Å²) in [6.45, 7) is 2.44. The molecular weight excluding hydrogens is 181 g/mol. The third-order valence-electron chi connectivity index (χ3n) is 2.59. The van der Waals surface area contributed by atoms with Crippen molar-refractivity contribution >= 4 is 0 Å². The highest BCUT2D eigenvalue weighted by Gasteiger charge is 2.25. The van der Waals surface area contributed by atoms with Gasteiger partial charge in [0.15, 0.2) is 0 Å². The van der Waals surface area contributed by atoms with E-state index in [9.17, 15) is 4.39 Å². The van der Waals surface area contributed by atoms with E-state index in [0.717, 1.165) is 11.1 Å². The Labute approximate surface area is 82.9 Å². The summed E-state index contributed by atoms with van der Waals surface area (Å²) in [6.07, 6.45) is 0.486. The summed E-state index contributed by atoms with van der Waals surface area (Å²) in [7, 11) is 0. The molecule has 0 unspecified atom stereocenters. The van der Waals surface area contributed by atoms with E-state index in [0.29, 0.717) is 13.0 Å². The monoisotopic (exact) mass is 195 g/mol. The lowest BCUT2D eigenvalue weighted by atomic mass is 9.94. The molecule has 0 bridgehead atoms. The number of benzene rings is 1. The fraction of sp³-hybridized carbons (Fsp3) is 0.455. The molecule has 1 heterocycles. The SMILES string of the molecule is C[C@@H](N)[C@H]1OCCc2c(F)cccc21. The molecule has 0 fully saturated rings. The Kier molecular flexibility index (Phi) is 2.52. The zero-order valence-corrected chi connectivity index (χ0v) is 8.16. The quantitative estimate of drug-likeness (QED) is 0.741. The van der Waals surface area contributed by atoms with Gasteiger partial charge in [0.1, 0.15) is 5.82 Å². The van der Waals surface area contributed by atoms with Crippen LogP contribution in [-0.4, -0.2) is 12.6 Å². The molecule has 0 saturated carbocycles. The maximum atomic E-state index is 13.4. The van der Waals surface area contributed by atoms with E-state index in [1.54, 1.807) is 6.07 Å². The third-order valence-corrected chi connectivity index (χ3v) is 2.59. The molecule has 0 amide bonds. The first kappa shape index (κ1) is 9.62. The first-order valence-electron chi connectivity index (χ1n) is 4.84. The lowest BCUT2D eigenvalue weighted by molar-refractivity contribution is 0.0275. The Hall–Kier alpha value is -0.930. The molecule has 1 aromatic carbocycles. The van der Waals surface area contributed by atoms with E-state index in [1.165, 1.54) is 6.07 Å². The van der Waals surface area contributed by atoms with Gasteiger partial charge in [-0.1, -0.05) is 12.1 Å². The maximum Gasteiger partial charge on any atom is 0.126 e. The molecular formula is C11H14FNO. The Balaban J connectivity index is 2.44. The van der Waals surface area contributed by atoms with Gasteiger partial charge >= 0.3 is 0 Å². The average molecular weight is 195 g/mol. The van der Waals surface area contributed by atoms with Gasteiger partial charge in [0.2, 0.25) is 0 Å². The molecule has 1 aliphatic heterocycles. The molecule has 0 aliphatic carbocycles. The Morgan fingerprint density at radius 1 is 1.57 bits per heavy atom. The Morgan fingerprint density at radius 3 is 3.07 bits per heavy atom. The van der Waals surface area contributed by atoms with Crippen LogP contribution in [0.1, 0.15) is 24.2 Å². The van der Waals surface area contributed by atoms with Crippen molar-refractivity contribution in [2.45, 2.75) is 25.5 Å². The summed E-state index contributed by atoms with van der Waals surface area (Å²) in [5.41, 5.74) is 7.46. The van der Waals surface area contributed by atoms with Crippen LogP contribution >= 0.6 is 0 Å². The second-order valence-electron chi connectivity index (χ2n) is 3.71. The van der Waals surface area contributed by atoms with Gasteiger partial charge in [-0.05, 0) is 30.5 Å². The topological polar surface area (TPSA) is 35.2 Å². The lowest BCUT2D eigenvalue weighted by Crippen LogP contribution is -2.31. The van der Waals surface area contributed by atoms with Gasteiger partial charge in [0.05, 0.1) is 12.7 Å². The van der Waals surface area contributed by atoms with Crippen LogP contribution in [0.5, 0.6) is 0 Å². The first-order chi connectivity index (χ1) is 6.70. The highest BCUT2D eigenvalue weighted by atomic mass is 19.1. The first-order valence-corrected chi connectivity index (χ1v) is 4.84. The van der Waals surface area contributed by atoms with Crippen molar-refractivity contribution in [3.05, 3.63) is 35.1 Å². The standard InChI is InChI=1S/C11H14FNO/c1-7(13)11-9-3-2-4-10(12)8(9)5-6-14-11/h2-4,7,11H,5-6,13H2,1H3/t7-,11-/m1/s1. The van der Waals surface area contributed by atoms with E-state index in [2.05, 4.69) is 0 Å². The van der Waals surface area contributed by atoms with Crippen LogP contribution in [0.25, 0.3) is 0 Å². The molecule has 0 saturated heterocycles. The maximum absolute atomic E-state index is 13.4. The van der Waals surface area contributed by atoms with Crippen molar-refractivity contribution in [2.75, 3.05) is 6.61 Å². The van der Waals surface area contributed by atoms with Crippen LogP contribution in [0.15, 0.2) is 18.2 Å². The molecule has 14 heavy (non-hydrogen) atoms. The summed E-state index contributed by atoms with van der Waals surface area (Å²) in [5, 5.41) is 0. The smallest absolute Gasteiger partial charge is 0.126 e. The summed E-state index contributed by atoms with van der Waals surface area (Å²) in [5.74, 6) is -0.142. The third kappa shape index (κ3) is 1.53. The minimum absolute atomic E-state index is 0.101. The van der Waals surface area contributed by atoms with Crippen LogP contribution in [0.4, 0.5) is 4.39 Å². The van der Waals surface area contributed by atoms with Crippen molar-refractivity contribution in [3.8, 4) is 0 Å². The van der Waals surface area contributed by atoms with Crippen LogP contribution in [0, 0.1) is 5.82 Å². The number of hydrogen-bond acceptors (Lipinski definition) is 2. The normalized spacial score (nSPS) is 22.9. The molecule has 2 rings (SSSR count). The second kappa shape index (κ2) is 3.67. The van der Waals surface area contributed by atoms with Crippen LogP contribution in [-0.2, 0) is 11.2 Å². The Bertz CT molecular complexity index is 338. The van der Waals surface area contributed by atoms with E-state index in [-0.39, 0.29) is 18.0 Å². The molecule has 0 aromatic heterocycles. The van der Waals surface area contributed by atoms with Crippen molar-refractivity contribution < 1.29 is 9.13 Å². The van der Waals surface area contributed by atoms with Crippen molar-refractivity contribution in [1.82, 2.24) is 0 Å². The van der Waals surface area contributed by atoms with Gasteiger partial charge in [-0.25, -0.2) is 4.39 Å². The second-order valence-corrected chi connectivity index (χ2v) is 3.71. The predicted molar refractivity (Wildman–Crippen MR) is 52.4 cm³/mol.